The minimum absolute atomic E-state index is 0.0880. The molecule has 1 saturated heterocycles. The Morgan fingerprint density at radius 3 is 2.65 bits per heavy atom. The second-order valence-corrected chi connectivity index (χ2v) is 9.21. The maximum atomic E-state index is 13.3. The number of halogens is 2. The van der Waals surface area contributed by atoms with Gasteiger partial charge in [0.15, 0.2) is 0 Å². The largest absolute Gasteiger partial charge is 0.434 e. The third-order valence-corrected chi connectivity index (χ3v) is 6.57. The van der Waals surface area contributed by atoms with Gasteiger partial charge in [0.25, 0.3) is 0 Å². The van der Waals surface area contributed by atoms with Gasteiger partial charge >= 0.3 is 6.61 Å². The number of piperidine rings is 1. The van der Waals surface area contributed by atoms with E-state index in [1.165, 1.54) is 0 Å². The predicted octanol–water partition coefficient (Wildman–Crippen LogP) is 4.40. The molecule has 2 heterocycles. The molecule has 1 fully saturated rings. The number of ether oxygens (including phenoxy) is 1. The summed E-state index contributed by atoms with van der Waals surface area (Å²) in [5.41, 5.74) is 2.69. The summed E-state index contributed by atoms with van der Waals surface area (Å²) in [5, 5.41) is 24.7. The normalized spacial score (nSPS) is 18.7. The van der Waals surface area contributed by atoms with E-state index in [2.05, 4.69) is 10.00 Å². The number of aryl methyl sites for hydroxylation is 1. The summed E-state index contributed by atoms with van der Waals surface area (Å²) >= 11 is 0. The van der Waals surface area contributed by atoms with Crippen molar-refractivity contribution in [2.45, 2.75) is 45.4 Å². The van der Waals surface area contributed by atoms with Crippen molar-refractivity contribution >= 4 is 0 Å². The van der Waals surface area contributed by atoms with Crippen LogP contribution in [0.3, 0.4) is 0 Å². The molecule has 8 heteroatoms. The van der Waals surface area contributed by atoms with Crippen LogP contribution in [0.2, 0.25) is 0 Å². The van der Waals surface area contributed by atoms with E-state index >= 15 is 0 Å². The molecule has 2 N–H and O–H groups in total. The van der Waals surface area contributed by atoms with Gasteiger partial charge in [-0.05, 0) is 57.5 Å². The molecule has 0 aliphatic carbocycles. The maximum absolute atomic E-state index is 13.3. The summed E-state index contributed by atoms with van der Waals surface area (Å²) in [4.78, 5) is 2.11. The number of hydrogen-bond acceptors (Lipinski definition) is 5. The Morgan fingerprint density at radius 1 is 1.18 bits per heavy atom. The summed E-state index contributed by atoms with van der Waals surface area (Å²) < 4.78 is 33.2. The second-order valence-electron chi connectivity index (χ2n) is 9.21. The molecule has 6 nitrogen and oxygen atoms in total. The van der Waals surface area contributed by atoms with E-state index in [-0.39, 0.29) is 18.3 Å². The van der Waals surface area contributed by atoms with E-state index < -0.39 is 12.2 Å². The van der Waals surface area contributed by atoms with Crippen LogP contribution in [0.15, 0.2) is 54.6 Å². The van der Waals surface area contributed by atoms with Crippen molar-refractivity contribution in [3.63, 3.8) is 0 Å². The summed E-state index contributed by atoms with van der Waals surface area (Å²) in [6, 6.07) is 16.9. The summed E-state index contributed by atoms with van der Waals surface area (Å²) in [6.07, 6.45) is 1.67. The highest BCUT2D eigenvalue weighted by molar-refractivity contribution is 5.63. The van der Waals surface area contributed by atoms with Crippen LogP contribution in [0.4, 0.5) is 8.78 Å². The third-order valence-electron chi connectivity index (χ3n) is 6.57. The Bertz CT molecular complexity index is 1100. The number of nitrogens with zero attached hydrogens (tertiary/aromatic N) is 3. The van der Waals surface area contributed by atoms with Crippen LogP contribution in [0.1, 0.15) is 31.0 Å². The number of rotatable bonds is 8. The smallest absolute Gasteiger partial charge is 0.387 e. The van der Waals surface area contributed by atoms with E-state index in [9.17, 15) is 19.0 Å². The first-order valence-corrected chi connectivity index (χ1v) is 11.5. The molecule has 0 unspecified atom stereocenters. The molecule has 3 aromatic rings. The van der Waals surface area contributed by atoms with Gasteiger partial charge in [0.05, 0.1) is 23.6 Å². The van der Waals surface area contributed by atoms with Crippen LogP contribution >= 0.6 is 0 Å². The lowest BCUT2D eigenvalue weighted by molar-refractivity contribution is -0.0702. The minimum atomic E-state index is -2.94. The molecule has 2 atom stereocenters. The maximum Gasteiger partial charge on any atom is 0.387 e. The molecule has 0 spiro atoms. The zero-order valence-corrected chi connectivity index (χ0v) is 19.5. The van der Waals surface area contributed by atoms with E-state index in [0.717, 1.165) is 30.8 Å². The molecular formula is C26H31F2N3O3. The average molecular weight is 472 g/mol. The third kappa shape index (κ3) is 5.46. The van der Waals surface area contributed by atoms with Crippen LogP contribution in [0.5, 0.6) is 5.75 Å². The van der Waals surface area contributed by atoms with Crippen molar-refractivity contribution in [2.75, 3.05) is 19.7 Å². The molecular weight excluding hydrogens is 440 g/mol. The van der Waals surface area contributed by atoms with Crippen molar-refractivity contribution in [3.8, 4) is 22.7 Å². The number of aliphatic hydroxyl groups is 2. The first-order chi connectivity index (χ1) is 16.3. The molecule has 1 aliphatic heterocycles. The standard InChI is InChI=1S/C26H31F2N3O3/c1-18-13-23(29-31(18)22-8-4-3-5-9-22)19-10-11-20(24(14-19)34-25(27)28)15-30-12-6-7-21(16-30)26(2,33)17-32/h3-5,8-11,13-14,21,25,32-33H,6-7,12,15-17H2,1-2H3/t21-,26+/m0/s1. The topological polar surface area (TPSA) is 70.8 Å². The van der Waals surface area contributed by atoms with Crippen molar-refractivity contribution in [1.82, 2.24) is 14.7 Å². The highest BCUT2D eigenvalue weighted by Crippen LogP contribution is 2.32. The Kier molecular flexibility index (Phi) is 7.30. The number of likely N-dealkylation sites (tertiary alicyclic amines) is 1. The van der Waals surface area contributed by atoms with Crippen LogP contribution in [-0.2, 0) is 6.54 Å². The second kappa shape index (κ2) is 10.2. The molecule has 34 heavy (non-hydrogen) atoms. The number of hydrogen-bond donors (Lipinski definition) is 2. The number of para-hydroxylation sites is 1. The first-order valence-electron chi connectivity index (χ1n) is 11.5. The number of aliphatic hydroxyl groups excluding tert-OH is 1. The van der Waals surface area contributed by atoms with Gasteiger partial charge in [0.1, 0.15) is 5.75 Å². The van der Waals surface area contributed by atoms with Crippen molar-refractivity contribution in [3.05, 3.63) is 65.9 Å². The summed E-state index contributed by atoms with van der Waals surface area (Å²) in [6.45, 7) is 2.10. The van der Waals surface area contributed by atoms with Crippen LogP contribution in [0.25, 0.3) is 16.9 Å². The fourth-order valence-electron chi connectivity index (χ4n) is 4.57. The predicted molar refractivity (Wildman–Crippen MR) is 126 cm³/mol. The zero-order chi connectivity index (χ0) is 24.3. The van der Waals surface area contributed by atoms with Crippen molar-refractivity contribution in [1.29, 1.82) is 0 Å². The Morgan fingerprint density at radius 2 is 1.94 bits per heavy atom. The highest BCUT2D eigenvalue weighted by Gasteiger charge is 2.34. The molecule has 1 aliphatic rings. The van der Waals surface area contributed by atoms with Crippen LogP contribution in [-0.4, -0.2) is 56.8 Å². The molecule has 0 saturated carbocycles. The number of alkyl halides is 2. The van der Waals surface area contributed by atoms with Gasteiger partial charge in [0, 0.05) is 35.8 Å². The summed E-state index contributed by atoms with van der Waals surface area (Å²) in [7, 11) is 0. The molecule has 2 aromatic carbocycles. The Labute approximate surface area is 198 Å². The number of aromatic nitrogens is 2. The summed E-state index contributed by atoms with van der Waals surface area (Å²) in [5.74, 6) is 0.0328. The molecule has 0 bridgehead atoms. The van der Waals surface area contributed by atoms with Gasteiger partial charge in [-0.25, -0.2) is 4.68 Å². The Balaban J connectivity index is 1.59. The van der Waals surface area contributed by atoms with Crippen LogP contribution < -0.4 is 4.74 Å². The lowest BCUT2D eigenvalue weighted by Crippen LogP contribution is -2.47. The van der Waals surface area contributed by atoms with Gasteiger partial charge in [-0.2, -0.15) is 13.9 Å². The molecule has 0 radical (unpaired) electrons. The van der Waals surface area contributed by atoms with Crippen LogP contribution in [0, 0.1) is 12.8 Å². The molecule has 4 rings (SSSR count). The van der Waals surface area contributed by atoms with E-state index in [4.69, 9.17) is 4.74 Å². The fourth-order valence-corrected chi connectivity index (χ4v) is 4.57. The minimum Gasteiger partial charge on any atom is -0.434 e. The van der Waals surface area contributed by atoms with E-state index in [1.54, 1.807) is 19.1 Å². The highest BCUT2D eigenvalue weighted by atomic mass is 19.3. The SMILES string of the molecule is Cc1cc(-c2ccc(CN3CCC[C@H]([C@](C)(O)CO)C3)c(OC(F)F)c2)nn1-c1ccccc1. The molecule has 1 aromatic heterocycles. The molecule has 0 amide bonds. The molecule has 182 valence electrons. The monoisotopic (exact) mass is 471 g/mol. The van der Waals surface area contributed by atoms with Gasteiger partial charge in [-0.1, -0.05) is 30.3 Å². The van der Waals surface area contributed by atoms with Gasteiger partial charge in [-0.15, -0.1) is 0 Å². The quantitative estimate of drug-likeness (QED) is 0.510. The Hall–Kier alpha value is -2.81. The average Bonchev–Trinajstić information content (AvgIpc) is 3.22. The van der Waals surface area contributed by atoms with Gasteiger partial charge < -0.3 is 14.9 Å². The van der Waals surface area contributed by atoms with E-state index in [1.807, 2.05) is 54.1 Å². The zero-order valence-electron chi connectivity index (χ0n) is 19.5. The number of benzene rings is 2. The van der Waals surface area contributed by atoms with Gasteiger partial charge in [0.2, 0.25) is 0 Å². The first kappa shape index (κ1) is 24.3. The van der Waals surface area contributed by atoms with E-state index in [0.29, 0.717) is 29.9 Å². The lowest BCUT2D eigenvalue weighted by Gasteiger charge is -2.39. The van der Waals surface area contributed by atoms with Crippen molar-refractivity contribution in [2.24, 2.45) is 5.92 Å². The van der Waals surface area contributed by atoms with Gasteiger partial charge in [-0.3, -0.25) is 4.90 Å². The lowest BCUT2D eigenvalue weighted by atomic mass is 9.83. The fraction of sp³-hybridized carbons (Fsp3) is 0.423. The van der Waals surface area contributed by atoms with Crippen molar-refractivity contribution < 1.29 is 23.7 Å².